The lowest BCUT2D eigenvalue weighted by Crippen LogP contribution is -2.52. The highest BCUT2D eigenvalue weighted by Crippen LogP contribution is 2.28. The van der Waals surface area contributed by atoms with E-state index in [-0.39, 0.29) is 24.8 Å². The summed E-state index contributed by atoms with van der Waals surface area (Å²) in [5, 5.41) is 17.4. The molecule has 1 aliphatic heterocycles. The zero-order valence-corrected chi connectivity index (χ0v) is 20.8. The molecule has 0 saturated carbocycles. The van der Waals surface area contributed by atoms with E-state index >= 15 is 0 Å². The smallest absolute Gasteiger partial charge is 0.320 e. The van der Waals surface area contributed by atoms with Gasteiger partial charge in [0.05, 0.1) is 17.2 Å². The van der Waals surface area contributed by atoms with Crippen LogP contribution in [0.15, 0.2) is 60.9 Å². The second-order valence-corrected chi connectivity index (χ2v) is 9.61. The van der Waals surface area contributed by atoms with Crippen molar-refractivity contribution in [2.45, 2.75) is 45.3 Å². The van der Waals surface area contributed by atoms with Crippen molar-refractivity contribution in [2.75, 3.05) is 6.54 Å². The molecule has 2 aromatic carbocycles. The van der Waals surface area contributed by atoms with Crippen molar-refractivity contribution >= 4 is 34.5 Å². The number of amides is 3. The number of nitrogens with zero attached hydrogens (tertiary/aromatic N) is 2. The SMILES string of the molecule is CC(C)C[C@@H](NC(CCN1C(=O)c2cc3ccccc3cc2C1=O)C(=O)O)C(=O)NCc1ccncc1. The Morgan fingerprint density at radius 2 is 1.54 bits per heavy atom. The number of imide groups is 1. The van der Waals surface area contributed by atoms with Crippen LogP contribution in [0.4, 0.5) is 0 Å². The Balaban J connectivity index is 1.43. The van der Waals surface area contributed by atoms with E-state index in [2.05, 4.69) is 15.6 Å². The van der Waals surface area contributed by atoms with Crippen molar-refractivity contribution in [1.82, 2.24) is 20.5 Å². The van der Waals surface area contributed by atoms with Gasteiger partial charge in [0.15, 0.2) is 0 Å². The Morgan fingerprint density at radius 3 is 2.08 bits per heavy atom. The van der Waals surface area contributed by atoms with Crippen molar-refractivity contribution < 1.29 is 24.3 Å². The number of hydrogen-bond acceptors (Lipinski definition) is 6. The van der Waals surface area contributed by atoms with E-state index in [1.165, 1.54) is 0 Å². The predicted molar refractivity (Wildman–Crippen MR) is 138 cm³/mol. The molecule has 2 atom stereocenters. The van der Waals surface area contributed by atoms with Gasteiger partial charge >= 0.3 is 5.97 Å². The number of carboxylic acids is 1. The van der Waals surface area contributed by atoms with Crippen LogP contribution in [0, 0.1) is 5.92 Å². The number of pyridine rings is 1. The van der Waals surface area contributed by atoms with Crippen molar-refractivity contribution in [1.29, 1.82) is 0 Å². The number of rotatable bonds is 11. The molecule has 9 nitrogen and oxygen atoms in total. The lowest BCUT2D eigenvalue weighted by atomic mass is 10.0. The summed E-state index contributed by atoms with van der Waals surface area (Å²) < 4.78 is 0. The first-order chi connectivity index (χ1) is 17.7. The Hall–Kier alpha value is -4.11. The topological polar surface area (TPSA) is 129 Å². The van der Waals surface area contributed by atoms with Crippen molar-refractivity contribution in [2.24, 2.45) is 5.92 Å². The van der Waals surface area contributed by atoms with E-state index in [1.807, 2.05) is 38.1 Å². The first-order valence-electron chi connectivity index (χ1n) is 12.3. The van der Waals surface area contributed by atoms with E-state index in [9.17, 15) is 24.3 Å². The van der Waals surface area contributed by atoms with E-state index in [0.717, 1.165) is 21.2 Å². The van der Waals surface area contributed by atoms with Gasteiger partial charge in [0.2, 0.25) is 5.91 Å². The summed E-state index contributed by atoms with van der Waals surface area (Å²) in [4.78, 5) is 56.1. The molecule has 0 bridgehead atoms. The molecule has 2 heterocycles. The molecule has 1 aromatic heterocycles. The third-order valence-corrected chi connectivity index (χ3v) is 6.42. The lowest BCUT2D eigenvalue weighted by molar-refractivity contribution is -0.140. The summed E-state index contributed by atoms with van der Waals surface area (Å²) in [7, 11) is 0. The van der Waals surface area contributed by atoms with Crippen molar-refractivity contribution in [3.63, 3.8) is 0 Å². The van der Waals surface area contributed by atoms with E-state index in [4.69, 9.17) is 0 Å². The number of carbonyl (C=O) groups is 4. The normalized spacial score (nSPS) is 14.6. The molecule has 37 heavy (non-hydrogen) atoms. The molecule has 1 unspecified atom stereocenters. The van der Waals surface area contributed by atoms with Crippen LogP contribution in [0.1, 0.15) is 53.0 Å². The van der Waals surface area contributed by atoms with Crippen LogP contribution in [0.5, 0.6) is 0 Å². The van der Waals surface area contributed by atoms with Crippen LogP contribution in [0.25, 0.3) is 10.8 Å². The molecule has 0 aliphatic carbocycles. The van der Waals surface area contributed by atoms with Gasteiger partial charge in [-0.3, -0.25) is 34.4 Å². The fourth-order valence-electron chi connectivity index (χ4n) is 4.49. The number of fused-ring (bicyclic) bond motifs is 2. The predicted octanol–water partition coefficient (Wildman–Crippen LogP) is 2.99. The van der Waals surface area contributed by atoms with Crippen molar-refractivity contribution in [3.8, 4) is 0 Å². The van der Waals surface area contributed by atoms with Gasteiger partial charge in [-0.05, 0) is 59.4 Å². The van der Waals surface area contributed by atoms with Gasteiger partial charge in [0, 0.05) is 25.5 Å². The first kappa shape index (κ1) is 26.0. The Morgan fingerprint density at radius 1 is 0.946 bits per heavy atom. The Kier molecular flexibility index (Phi) is 7.93. The lowest BCUT2D eigenvalue weighted by Gasteiger charge is -2.25. The molecule has 3 amide bonds. The maximum absolute atomic E-state index is 13.0. The quantitative estimate of drug-likeness (QED) is 0.344. The molecule has 1 aliphatic rings. The van der Waals surface area contributed by atoms with Gasteiger partial charge < -0.3 is 10.4 Å². The minimum atomic E-state index is -1.15. The monoisotopic (exact) mass is 502 g/mol. The van der Waals surface area contributed by atoms with Gasteiger partial charge in [0.1, 0.15) is 6.04 Å². The Labute approximate surface area is 214 Å². The number of nitrogens with one attached hydrogen (secondary N) is 2. The third-order valence-electron chi connectivity index (χ3n) is 6.42. The van der Waals surface area contributed by atoms with Crippen LogP contribution >= 0.6 is 0 Å². The van der Waals surface area contributed by atoms with Crippen LogP contribution in [-0.4, -0.2) is 57.3 Å². The van der Waals surface area contributed by atoms with Gasteiger partial charge in [-0.25, -0.2) is 0 Å². The summed E-state index contributed by atoms with van der Waals surface area (Å²) in [6.45, 7) is 4.10. The van der Waals surface area contributed by atoms with Crippen LogP contribution in [0.2, 0.25) is 0 Å². The standard InChI is InChI=1S/C28H30N4O5/c1-17(2)13-24(25(33)30-16-18-7-10-29-11-8-18)31-23(28(36)37)9-12-32-26(34)21-14-19-5-3-4-6-20(19)15-22(21)27(32)35/h3-8,10-11,14-15,17,23-24,31H,9,12-13,16H2,1-2H3,(H,30,33)(H,36,37)/t23?,24-/m1/s1. The molecule has 0 saturated heterocycles. The highest BCUT2D eigenvalue weighted by Gasteiger charge is 2.37. The van der Waals surface area contributed by atoms with Crippen molar-refractivity contribution in [3.05, 3.63) is 77.6 Å². The maximum atomic E-state index is 13.0. The fourth-order valence-corrected chi connectivity index (χ4v) is 4.49. The van der Waals surface area contributed by atoms with E-state index in [1.54, 1.807) is 36.7 Å². The molecule has 4 rings (SSSR count). The summed E-state index contributed by atoms with van der Waals surface area (Å²) >= 11 is 0. The van der Waals surface area contributed by atoms with Gasteiger partial charge in [-0.15, -0.1) is 0 Å². The van der Waals surface area contributed by atoms with Crippen LogP contribution < -0.4 is 10.6 Å². The van der Waals surface area contributed by atoms with Gasteiger partial charge in [0.25, 0.3) is 11.8 Å². The number of hydrogen-bond donors (Lipinski definition) is 3. The summed E-state index contributed by atoms with van der Waals surface area (Å²) in [5.41, 5.74) is 1.51. The molecule has 0 spiro atoms. The molecule has 3 aromatic rings. The molecule has 0 fully saturated rings. The summed E-state index contributed by atoms with van der Waals surface area (Å²) in [6.07, 6.45) is 3.65. The second kappa shape index (κ2) is 11.3. The second-order valence-electron chi connectivity index (χ2n) is 9.61. The zero-order chi connectivity index (χ0) is 26.5. The number of aliphatic carboxylic acids is 1. The number of aromatic nitrogens is 1. The van der Waals surface area contributed by atoms with Crippen LogP contribution in [-0.2, 0) is 16.1 Å². The summed E-state index contributed by atoms with van der Waals surface area (Å²) in [6, 6.07) is 12.5. The number of carbonyl (C=O) groups excluding carboxylic acids is 3. The molecule has 3 N–H and O–H groups in total. The molecule has 0 radical (unpaired) electrons. The maximum Gasteiger partial charge on any atom is 0.320 e. The molecule has 9 heteroatoms. The van der Waals surface area contributed by atoms with Gasteiger partial charge in [-0.2, -0.15) is 0 Å². The Bertz CT molecular complexity index is 1270. The number of carboxylic acid groups (broad SMARTS) is 1. The average Bonchev–Trinajstić information content (AvgIpc) is 3.11. The molecular weight excluding hydrogens is 472 g/mol. The summed E-state index contributed by atoms with van der Waals surface area (Å²) in [5.74, 6) is -2.22. The van der Waals surface area contributed by atoms with Crippen LogP contribution in [0.3, 0.4) is 0 Å². The molecular formula is C28H30N4O5. The van der Waals surface area contributed by atoms with E-state index in [0.29, 0.717) is 24.1 Å². The van der Waals surface area contributed by atoms with Gasteiger partial charge in [-0.1, -0.05) is 38.1 Å². The molecule has 192 valence electrons. The zero-order valence-electron chi connectivity index (χ0n) is 20.8. The minimum absolute atomic E-state index is 0.0352. The van der Waals surface area contributed by atoms with E-state index < -0.39 is 29.9 Å². The highest BCUT2D eigenvalue weighted by molar-refractivity contribution is 6.23. The average molecular weight is 503 g/mol. The number of benzene rings is 2. The minimum Gasteiger partial charge on any atom is -0.480 e. The first-order valence-corrected chi connectivity index (χ1v) is 12.3. The highest BCUT2D eigenvalue weighted by atomic mass is 16.4. The largest absolute Gasteiger partial charge is 0.480 e. The third kappa shape index (κ3) is 6.00. The fraction of sp³-hybridized carbons (Fsp3) is 0.321.